The molecule has 0 aliphatic carbocycles. The summed E-state index contributed by atoms with van der Waals surface area (Å²) in [7, 11) is 0. The van der Waals surface area contributed by atoms with Crippen LogP contribution in [-0.4, -0.2) is 16.1 Å². The van der Waals surface area contributed by atoms with Crippen LogP contribution in [0.2, 0.25) is 0 Å². The van der Waals surface area contributed by atoms with E-state index in [0.29, 0.717) is 13.1 Å². The summed E-state index contributed by atoms with van der Waals surface area (Å²) in [6.07, 6.45) is 0. The minimum Gasteiger partial charge on any atom is -0.383 e. The normalized spacial score (nSPS) is 10.4. The van der Waals surface area contributed by atoms with Crippen molar-refractivity contribution < 1.29 is 0 Å². The minimum absolute atomic E-state index is 0.152. The summed E-state index contributed by atoms with van der Waals surface area (Å²) in [5.41, 5.74) is 6.07. The van der Waals surface area contributed by atoms with Crippen LogP contribution in [0.25, 0.3) is 0 Å². The average Bonchev–Trinajstić information content (AvgIpc) is 2.41. The lowest BCUT2D eigenvalue weighted by Crippen LogP contribution is -2.34. The van der Waals surface area contributed by atoms with Crippen molar-refractivity contribution in [3.63, 3.8) is 0 Å². The van der Waals surface area contributed by atoms with Gasteiger partial charge in [-0.15, -0.1) is 0 Å². The average molecular weight is 260 g/mol. The van der Waals surface area contributed by atoms with Crippen LogP contribution >= 0.6 is 0 Å². The molecule has 0 aliphatic heterocycles. The van der Waals surface area contributed by atoms with Gasteiger partial charge in [0.1, 0.15) is 11.5 Å². The van der Waals surface area contributed by atoms with E-state index in [1.54, 1.807) is 0 Å². The van der Waals surface area contributed by atoms with E-state index in [2.05, 4.69) is 10.3 Å². The molecule has 0 bridgehead atoms. The van der Waals surface area contributed by atoms with Gasteiger partial charge in [0.15, 0.2) is 0 Å². The van der Waals surface area contributed by atoms with Gasteiger partial charge >= 0.3 is 5.69 Å². The highest BCUT2D eigenvalue weighted by Gasteiger charge is 2.11. The van der Waals surface area contributed by atoms with E-state index in [1.165, 1.54) is 4.57 Å². The molecule has 1 heterocycles. The van der Waals surface area contributed by atoms with Crippen molar-refractivity contribution in [2.24, 2.45) is 0 Å². The molecule has 2 aromatic rings. The lowest BCUT2D eigenvalue weighted by atomic mass is 10.2. The maximum atomic E-state index is 11.8. The van der Waals surface area contributed by atoms with Gasteiger partial charge in [-0.05, 0) is 12.5 Å². The number of hydrogen-bond donors (Lipinski definition) is 3. The van der Waals surface area contributed by atoms with Gasteiger partial charge in [-0.2, -0.15) is 0 Å². The summed E-state index contributed by atoms with van der Waals surface area (Å²) in [5, 5.41) is 2.87. The van der Waals surface area contributed by atoms with Crippen LogP contribution < -0.4 is 22.3 Å². The molecule has 0 fully saturated rings. The Kier molecular flexibility index (Phi) is 3.70. The number of nitrogens with one attached hydrogen (secondary N) is 2. The Morgan fingerprint density at radius 3 is 2.58 bits per heavy atom. The van der Waals surface area contributed by atoms with Gasteiger partial charge in [-0.3, -0.25) is 14.3 Å². The van der Waals surface area contributed by atoms with E-state index in [-0.39, 0.29) is 11.5 Å². The SMILES string of the molecule is CCNc1c(N)n(Cc2ccccc2)c(=O)[nH]c1=O. The number of rotatable bonds is 4. The largest absolute Gasteiger partial charge is 0.383 e. The Labute approximate surface area is 109 Å². The van der Waals surface area contributed by atoms with Crippen molar-refractivity contribution in [1.29, 1.82) is 0 Å². The van der Waals surface area contributed by atoms with Gasteiger partial charge in [0, 0.05) is 6.54 Å². The highest BCUT2D eigenvalue weighted by Crippen LogP contribution is 2.11. The predicted molar refractivity (Wildman–Crippen MR) is 75.4 cm³/mol. The second kappa shape index (κ2) is 5.43. The van der Waals surface area contributed by atoms with E-state index in [9.17, 15) is 9.59 Å². The Morgan fingerprint density at radius 1 is 1.26 bits per heavy atom. The first-order valence-corrected chi connectivity index (χ1v) is 6.04. The standard InChI is InChI=1S/C13H16N4O2/c1-2-15-10-11(14)17(13(19)16-12(10)18)8-9-6-4-3-5-7-9/h3-7,15H,2,8,14H2,1H3,(H,16,18,19). The van der Waals surface area contributed by atoms with Crippen LogP contribution in [0.5, 0.6) is 0 Å². The topological polar surface area (TPSA) is 92.9 Å². The maximum absolute atomic E-state index is 11.8. The molecular formula is C13H16N4O2. The lowest BCUT2D eigenvalue weighted by molar-refractivity contribution is 0.734. The van der Waals surface area contributed by atoms with Crippen molar-refractivity contribution in [1.82, 2.24) is 9.55 Å². The van der Waals surface area contributed by atoms with Crippen LogP contribution in [0.15, 0.2) is 39.9 Å². The molecule has 6 nitrogen and oxygen atoms in total. The maximum Gasteiger partial charge on any atom is 0.330 e. The fourth-order valence-electron chi connectivity index (χ4n) is 1.86. The second-order valence-corrected chi connectivity index (χ2v) is 4.12. The summed E-state index contributed by atoms with van der Waals surface area (Å²) in [6.45, 7) is 2.73. The smallest absolute Gasteiger partial charge is 0.330 e. The second-order valence-electron chi connectivity index (χ2n) is 4.12. The molecule has 1 aromatic heterocycles. The van der Waals surface area contributed by atoms with Gasteiger partial charge in [0.2, 0.25) is 0 Å². The van der Waals surface area contributed by atoms with Crippen molar-refractivity contribution in [3.8, 4) is 0 Å². The van der Waals surface area contributed by atoms with E-state index in [1.807, 2.05) is 37.3 Å². The molecule has 1 aromatic carbocycles. The highest BCUT2D eigenvalue weighted by molar-refractivity contribution is 5.60. The molecule has 4 N–H and O–H groups in total. The third-order valence-electron chi connectivity index (χ3n) is 2.78. The molecule has 0 amide bonds. The summed E-state index contributed by atoms with van der Waals surface area (Å²) in [5.74, 6) is 0.152. The van der Waals surface area contributed by atoms with Crippen molar-refractivity contribution >= 4 is 11.5 Å². The zero-order valence-corrected chi connectivity index (χ0v) is 10.6. The highest BCUT2D eigenvalue weighted by atomic mass is 16.2. The molecule has 19 heavy (non-hydrogen) atoms. The molecular weight excluding hydrogens is 244 g/mol. The molecule has 0 unspecified atom stereocenters. The van der Waals surface area contributed by atoms with E-state index >= 15 is 0 Å². The zero-order chi connectivity index (χ0) is 13.8. The fourth-order valence-corrected chi connectivity index (χ4v) is 1.86. The number of hydrogen-bond acceptors (Lipinski definition) is 4. The van der Waals surface area contributed by atoms with Gasteiger partial charge in [-0.1, -0.05) is 30.3 Å². The summed E-state index contributed by atoms with van der Waals surface area (Å²) >= 11 is 0. The van der Waals surface area contributed by atoms with Crippen LogP contribution in [0.1, 0.15) is 12.5 Å². The molecule has 0 atom stereocenters. The first kappa shape index (κ1) is 12.9. The molecule has 100 valence electrons. The molecule has 0 aliphatic rings. The number of benzene rings is 1. The minimum atomic E-state index is -0.506. The first-order valence-electron chi connectivity index (χ1n) is 6.04. The number of nitrogen functional groups attached to an aromatic ring is 1. The molecule has 0 saturated heterocycles. The van der Waals surface area contributed by atoms with Crippen LogP contribution in [-0.2, 0) is 6.54 Å². The third-order valence-corrected chi connectivity index (χ3v) is 2.78. The lowest BCUT2D eigenvalue weighted by Gasteiger charge is -2.13. The summed E-state index contributed by atoms with van der Waals surface area (Å²) < 4.78 is 1.34. The fraction of sp³-hybridized carbons (Fsp3) is 0.231. The van der Waals surface area contributed by atoms with Crippen LogP contribution in [0, 0.1) is 0 Å². The zero-order valence-electron chi connectivity index (χ0n) is 10.6. The molecule has 0 spiro atoms. The van der Waals surface area contributed by atoms with Gasteiger partial charge in [0.05, 0.1) is 6.54 Å². The van der Waals surface area contributed by atoms with Crippen molar-refractivity contribution in [2.45, 2.75) is 13.5 Å². The number of aromatic nitrogens is 2. The third kappa shape index (κ3) is 2.67. The van der Waals surface area contributed by atoms with E-state index in [0.717, 1.165) is 5.56 Å². The molecule has 6 heteroatoms. The summed E-state index contributed by atoms with van der Waals surface area (Å²) in [6, 6.07) is 9.45. The van der Waals surface area contributed by atoms with Gasteiger partial charge < -0.3 is 11.1 Å². The monoisotopic (exact) mass is 260 g/mol. The Hall–Kier alpha value is -2.50. The molecule has 2 rings (SSSR count). The number of nitrogens with two attached hydrogens (primary N) is 1. The predicted octanol–water partition coefficient (Wildman–Crippen LogP) is 0.599. The number of nitrogens with zero attached hydrogens (tertiary/aromatic N) is 1. The Balaban J connectivity index is 2.49. The number of aromatic amines is 1. The van der Waals surface area contributed by atoms with Gasteiger partial charge in [-0.25, -0.2) is 4.79 Å². The molecule has 0 saturated carbocycles. The van der Waals surface area contributed by atoms with E-state index in [4.69, 9.17) is 5.73 Å². The Bertz CT molecular complexity index is 673. The quantitative estimate of drug-likeness (QED) is 0.750. The van der Waals surface area contributed by atoms with E-state index < -0.39 is 11.2 Å². The summed E-state index contributed by atoms with van der Waals surface area (Å²) in [4.78, 5) is 25.7. The van der Waals surface area contributed by atoms with Crippen molar-refractivity contribution in [2.75, 3.05) is 17.6 Å². The van der Waals surface area contributed by atoms with Gasteiger partial charge in [0.25, 0.3) is 5.56 Å². The first-order chi connectivity index (χ1) is 9.13. The number of H-pyrrole nitrogens is 1. The number of anilines is 2. The molecule has 0 radical (unpaired) electrons. The van der Waals surface area contributed by atoms with Crippen molar-refractivity contribution in [3.05, 3.63) is 56.7 Å². The van der Waals surface area contributed by atoms with Crippen LogP contribution in [0.4, 0.5) is 11.5 Å². The van der Waals surface area contributed by atoms with Crippen LogP contribution in [0.3, 0.4) is 0 Å². The Morgan fingerprint density at radius 2 is 1.95 bits per heavy atom.